The van der Waals surface area contributed by atoms with E-state index in [0.29, 0.717) is 18.0 Å². The van der Waals surface area contributed by atoms with E-state index in [1.165, 1.54) is 16.9 Å². The highest BCUT2D eigenvalue weighted by Crippen LogP contribution is 2.30. The smallest absolute Gasteiger partial charge is 0.273 e. The van der Waals surface area contributed by atoms with Crippen molar-refractivity contribution in [2.24, 2.45) is 0 Å². The first-order valence-electron chi connectivity index (χ1n) is 9.08. The first-order chi connectivity index (χ1) is 13.3. The number of benzene rings is 2. The molecule has 0 N–H and O–H groups in total. The molecule has 0 radical (unpaired) electrons. The van der Waals surface area contributed by atoms with E-state index in [2.05, 4.69) is 17.1 Å². The van der Waals surface area contributed by atoms with Crippen LogP contribution in [0.2, 0.25) is 0 Å². The molecule has 1 aliphatic heterocycles. The predicted octanol–water partition coefficient (Wildman–Crippen LogP) is 4.18. The van der Waals surface area contributed by atoms with E-state index in [4.69, 9.17) is 0 Å². The van der Waals surface area contributed by atoms with Crippen LogP contribution in [0.15, 0.2) is 60.0 Å². The normalized spacial score (nSPS) is 16.4. The second kappa shape index (κ2) is 7.84. The summed E-state index contributed by atoms with van der Waals surface area (Å²) in [7, 11) is 0. The molecule has 1 aliphatic rings. The number of carbonyl (C=O) groups excluding carboxylic acids is 2. The Morgan fingerprint density at radius 3 is 2.74 bits per heavy atom. The van der Waals surface area contributed by atoms with Gasteiger partial charge < -0.3 is 9.69 Å². The Labute approximate surface area is 162 Å². The van der Waals surface area contributed by atoms with Gasteiger partial charge in [0.05, 0.1) is 0 Å². The summed E-state index contributed by atoms with van der Waals surface area (Å²) in [4.78, 5) is 30.3. The van der Waals surface area contributed by atoms with E-state index in [-0.39, 0.29) is 5.91 Å². The molecule has 1 amide bonds. The van der Waals surface area contributed by atoms with Crippen molar-refractivity contribution in [3.8, 4) is 10.6 Å². The average molecular weight is 376 g/mol. The maximum atomic E-state index is 12.9. The number of hydrogen-bond donors (Lipinski definition) is 0. The topological polar surface area (TPSA) is 50.3 Å². The number of hydrogen-bond acceptors (Lipinski definition) is 4. The number of rotatable bonds is 5. The van der Waals surface area contributed by atoms with Crippen LogP contribution in [0.5, 0.6) is 0 Å². The van der Waals surface area contributed by atoms with Gasteiger partial charge in [0.15, 0.2) is 0 Å². The zero-order chi connectivity index (χ0) is 18.6. The highest BCUT2D eigenvalue weighted by atomic mass is 32.1. The third kappa shape index (κ3) is 3.69. The Hall–Kier alpha value is -2.79. The minimum Gasteiger partial charge on any atom is -0.337 e. The summed E-state index contributed by atoms with van der Waals surface area (Å²) >= 11 is 1.45. The molecule has 27 heavy (non-hydrogen) atoms. The zero-order valence-electron chi connectivity index (χ0n) is 14.9. The summed E-state index contributed by atoms with van der Waals surface area (Å²) in [5.74, 6) is 0.380. The van der Waals surface area contributed by atoms with Crippen molar-refractivity contribution in [1.82, 2.24) is 9.88 Å². The number of aldehydes is 1. The van der Waals surface area contributed by atoms with Gasteiger partial charge in [-0.2, -0.15) is 0 Å². The molecule has 2 aromatic carbocycles. The third-order valence-electron chi connectivity index (χ3n) is 5.02. The van der Waals surface area contributed by atoms with Crippen LogP contribution in [0.3, 0.4) is 0 Å². The summed E-state index contributed by atoms with van der Waals surface area (Å²) in [6.45, 7) is 1.49. The molecule has 4 nitrogen and oxygen atoms in total. The van der Waals surface area contributed by atoms with Crippen LogP contribution in [0, 0.1) is 0 Å². The van der Waals surface area contributed by atoms with E-state index in [1.54, 1.807) is 0 Å². The molecule has 5 heteroatoms. The minimum absolute atomic E-state index is 0.0104. The first kappa shape index (κ1) is 17.6. The van der Waals surface area contributed by atoms with E-state index in [1.807, 2.05) is 52.7 Å². The standard InChI is InChI=1S/C22H20N2O2S/c25-13-11-17-8-4-5-9-19(17)21-23-20(15-27-21)22(26)24-12-10-18(14-24)16-6-2-1-3-7-16/h1-9,13,15,18H,10-12,14H2. The maximum Gasteiger partial charge on any atom is 0.273 e. The Morgan fingerprint density at radius 2 is 1.93 bits per heavy atom. The molecule has 4 rings (SSSR count). The van der Waals surface area contributed by atoms with E-state index >= 15 is 0 Å². The average Bonchev–Trinajstić information content (AvgIpc) is 3.39. The highest BCUT2D eigenvalue weighted by molar-refractivity contribution is 7.13. The summed E-state index contributed by atoms with van der Waals surface area (Å²) < 4.78 is 0. The van der Waals surface area contributed by atoms with Crippen molar-refractivity contribution >= 4 is 23.5 Å². The van der Waals surface area contributed by atoms with E-state index in [9.17, 15) is 9.59 Å². The fourth-order valence-electron chi connectivity index (χ4n) is 3.60. The SMILES string of the molecule is O=CCc1ccccc1-c1nc(C(=O)N2CCC(c3ccccc3)C2)cs1. The number of thiazole rings is 1. The molecule has 1 atom stereocenters. The van der Waals surface area contributed by atoms with Crippen molar-refractivity contribution in [3.63, 3.8) is 0 Å². The van der Waals surface area contributed by atoms with Crippen LogP contribution < -0.4 is 0 Å². The van der Waals surface area contributed by atoms with Crippen LogP contribution in [0.25, 0.3) is 10.6 Å². The molecule has 0 spiro atoms. The van der Waals surface area contributed by atoms with Gasteiger partial charge in [-0.25, -0.2) is 4.98 Å². The molecule has 1 unspecified atom stereocenters. The van der Waals surface area contributed by atoms with Gasteiger partial charge in [-0.1, -0.05) is 54.6 Å². The van der Waals surface area contributed by atoms with Gasteiger partial charge in [0.25, 0.3) is 5.91 Å². The predicted molar refractivity (Wildman–Crippen MR) is 107 cm³/mol. The van der Waals surface area contributed by atoms with Crippen molar-refractivity contribution < 1.29 is 9.59 Å². The second-order valence-electron chi connectivity index (χ2n) is 6.71. The van der Waals surface area contributed by atoms with Crippen LogP contribution in [-0.2, 0) is 11.2 Å². The number of carbonyl (C=O) groups is 2. The van der Waals surface area contributed by atoms with Crippen LogP contribution >= 0.6 is 11.3 Å². The highest BCUT2D eigenvalue weighted by Gasteiger charge is 2.29. The quantitative estimate of drug-likeness (QED) is 0.628. The van der Waals surface area contributed by atoms with Gasteiger partial charge in [-0.3, -0.25) is 4.79 Å². The largest absolute Gasteiger partial charge is 0.337 e. The Balaban J connectivity index is 1.51. The van der Waals surface area contributed by atoms with Crippen LogP contribution in [0.4, 0.5) is 0 Å². The van der Waals surface area contributed by atoms with Crippen molar-refractivity contribution in [2.45, 2.75) is 18.8 Å². The van der Waals surface area contributed by atoms with Gasteiger partial charge in [-0.15, -0.1) is 11.3 Å². The van der Waals surface area contributed by atoms with Crippen molar-refractivity contribution in [3.05, 3.63) is 76.8 Å². The van der Waals surface area contributed by atoms with Gasteiger partial charge >= 0.3 is 0 Å². The van der Waals surface area contributed by atoms with Crippen molar-refractivity contribution in [2.75, 3.05) is 13.1 Å². The molecule has 1 saturated heterocycles. The van der Waals surface area contributed by atoms with Gasteiger partial charge in [0.2, 0.25) is 0 Å². The van der Waals surface area contributed by atoms with Crippen LogP contribution in [-0.4, -0.2) is 35.2 Å². The maximum absolute atomic E-state index is 12.9. The number of aromatic nitrogens is 1. The minimum atomic E-state index is -0.0104. The lowest BCUT2D eigenvalue weighted by Crippen LogP contribution is -2.28. The molecule has 0 saturated carbocycles. The zero-order valence-corrected chi connectivity index (χ0v) is 15.7. The molecule has 0 bridgehead atoms. The monoisotopic (exact) mass is 376 g/mol. The molecular weight excluding hydrogens is 356 g/mol. The molecule has 2 heterocycles. The van der Waals surface area contributed by atoms with E-state index in [0.717, 1.165) is 41.9 Å². The summed E-state index contributed by atoms with van der Waals surface area (Å²) in [6, 6.07) is 18.1. The molecule has 1 fully saturated rings. The molecule has 1 aromatic heterocycles. The number of likely N-dealkylation sites (tertiary alicyclic amines) is 1. The summed E-state index contributed by atoms with van der Waals surface area (Å²) in [6.07, 6.45) is 2.23. The second-order valence-corrected chi connectivity index (χ2v) is 7.57. The Kier molecular flexibility index (Phi) is 5.12. The third-order valence-corrected chi connectivity index (χ3v) is 5.90. The fourth-order valence-corrected chi connectivity index (χ4v) is 4.45. The van der Waals surface area contributed by atoms with Gasteiger partial charge in [0.1, 0.15) is 17.0 Å². The summed E-state index contributed by atoms with van der Waals surface area (Å²) in [5.41, 5.74) is 3.64. The number of nitrogens with zero attached hydrogens (tertiary/aromatic N) is 2. The Morgan fingerprint density at radius 1 is 1.15 bits per heavy atom. The molecule has 3 aromatic rings. The summed E-state index contributed by atoms with van der Waals surface area (Å²) in [5, 5.41) is 2.61. The lowest BCUT2D eigenvalue weighted by molar-refractivity contribution is -0.107. The fraction of sp³-hybridized carbons (Fsp3) is 0.227. The van der Waals surface area contributed by atoms with Crippen molar-refractivity contribution in [1.29, 1.82) is 0 Å². The van der Waals surface area contributed by atoms with Gasteiger partial charge in [0, 0.05) is 36.4 Å². The van der Waals surface area contributed by atoms with E-state index < -0.39 is 0 Å². The lowest BCUT2D eigenvalue weighted by atomic mass is 9.99. The first-order valence-corrected chi connectivity index (χ1v) is 9.96. The number of amides is 1. The van der Waals surface area contributed by atoms with Crippen LogP contribution in [0.1, 0.15) is 34.0 Å². The van der Waals surface area contributed by atoms with Gasteiger partial charge in [-0.05, 0) is 17.5 Å². The molecule has 0 aliphatic carbocycles. The molecule has 136 valence electrons. The Bertz CT molecular complexity index is 952. The lowest BCUT2D eigenvalue weighted by Gasteiger charge is -2.15. The molecular formula is C22H20N2O2S.